The van der Waals surface area contributed by atoms with E-state index in [2.05, 4.69) is 4.98 Å². The Labute approximate surface area is 89.1 Å². The first kappa shape index (κ1) is 10.7. The lowest BCUT2D eigenvalue weighted by molar-refractivity contribution is -0.136. The zero-order chi connectivity index (χ0) is 11.8. The van der Waals surface area contributed by atoms with Crippen LogP contribution in [0.2, 0.25) is 0 Å². The lowest BCUT2D eigenvalue weighted by atomic mass is 10.1. The third-order valence-electron chi connectivity index (χ3n) is 2.33. The molecule has 0 amide bonds. The van der Waals surface area contributed by atoms with E-state index < -0.39 is 11.7 Å². The van der Waals surface area contributed by atoms with Crippen LogP contribution >= 0.6 is 0 Å². The minimum Gasteiger partial charge on any atom is -0.358 e. The SMILES string of the molecule is O=CCc1cc2c(C(F)(F)F)cccc2[nH]1. The van der Waals surface area contributed by atoms with Crippen LogP contribution in [0.3, 0.4) is 0 Å². The molecule has 0 atom stereocenters. The number of aldehydes is 1. The summed E-state index contributed by atoms with van der Waals surface area (Å²) >= 11 is 0. The molecule has 2 rings (SSSR count). The Morgan fingerprint density at radius 1 is 1.31 bits per heavy atom. The fraction of sp³-hybridized carbons (Fsp3) is 0.182. The van der Waals surface area contributed by atoms with Crippen molar-refractivity contribution in [1.82, 2.24) is 4.98 Å². The number of carbonyl (C=O) groups excluding carboxylic acids is 1. The number of H-pyrrole nitrogens is 1. The van der Waals surface area contributed by atoms with Crippen LogP contribution in [0, 0.1) is 0 Å². The molecule has 1 N–H and O–H groups in total. The zero-order valence-corrected chi connectivity index (χ0v) is 8.14. The van der Waals surface area contributed by atoms with Gasteiger partial charge in [-0.3, -0.25) is 0 Å². The van der Waals surface area contributed by atoms with E-state index in [1.165, 1.54) is 12.1 Å². The number of benzene rings is 1. The summed E-state index contributed by atoms with van der Waals surface area (Å²) in [7, 11) is 0. The number of carbonyl (C=O) groups is 1. The van der Waals surface area contributed by atoms with E-state index in [4.69, 9.17) is 0 Å². The van der Waals surface area contributed by atoms with Gasteiger partial charge < -0.3 is 9.78 Å². The summed E-state index contributed by atoms with van der Waals surface area (Å²) in [5.74, 6) is 0. The number of hydrogen-bond acceptors (Lipinski definition) is 1. The number of halogens is 3. The van der Waals surface area contributed by atoms with Gasteiger partial charge in [0.2, 0.25) is 0 Å². The van der Waals surface area contributed by atoms with E-state index >= 15 is 0 Å². The maximum absolute atomic E-state index is 12.6. The molecule has 1 aromatic heterocycles. The molecule has 0 fully saturated rings. The Hall–Kier alpha value is -1.78. The molecule has 2 nitrogen and oxygen atoms in total. The summed E-state index contributed by atoms with van der Waals surface area (Å²) in [4.78, 5) is 13.1. The van der Waals surface area contributed by atoms with Gasteiger partial charge in [0, 0.05) is 23.0 Å². The third kappa shape index (κ3) is 1.80. The Kier molecular flexibility index (Phi) is 2.46. The van der Waals surface area contributed by atoms with Crippen molar-refractivity contribution in [2.24, 2.45) is 0 Å². The molecular weight excluding hydrogens is 219 g/mol. The van der Waals surface area contributed by atoms with Gasteiger partial charge in [0.25, 0.3) is 0 Å². The average Bonchev–Trinajstić information content (AvgIpc) is 2.58. The molecule has 1 heterocycles. The highest BCUT2D eigenvalue weighted by atomic mass is 19.4. The number of alkyl halides is 3. The van der Waals surface area contributed by atoms with Gasteiger partial charge in [-0.1, -0.05) is 6.07 Å². The topological polar surface area (TPSA) is 32.9 Å². The molecule has 84 valence electrons. The van der Waals surface area contributed by atoms with Gasteiger partial charge >= 0.3 is 6.18 Å². The van der Waals surface area contributed by atoms with Gasteiger partial charge in [0.05, 0.1) is 5.56 Å². The Morgan fingerprint density at radius 3 is 2.69 bits per heavy atom. The molecule has 0 aliphatic rings. The summed E-state index contributed by atoms with van der Waals surface area (Å²) in [6.07, 6.45) is -3.63. The lowest BCUT2D eigenvalue weighted by Gasteiger charge is -2.06. The van der Waals surface area contributed by atoms with Crippen molar-refractivity contribution < 1.29 is 18.0 Å². The van der Waals surface area contributed by atoms with Crippen molar-refractivity contribution in [1.29, 1.82) is 0 Å². The molecule has 5 heteroatoms. The maximum Gasteiger partial charge on any atom is 0.417 e. The molecule has 0 radical (unpaired) electrons. The Morgan fingerprint density at radius 2 is 2.06 bits per heavy atom. The molecule has 0 aliphatic heterocycles. The number of nitrogens with one attached hydrogen (secondary N) is 1. The van der Waals surface area contributed by atoms with Gasteiger partial charge in [0.1, 0.15) is 6.29 Å². The van der Waals surface area contributed by atoms with Crippen molar-refractivity contribution in [2.75, 3.05) is 0 Å². The largest absolute Gasteiger partial charge is 0.417 e. The first-order valence-electron chi connectivity index (χ1n) is 4.64. The van der Waals surface area contributed by atoms with Gasteiger partial charge in [-0.25, -0.2) is 0 Å². The molecule has 0 saturated carbocycles. The number of hydrogen-bond donors (Lipinski definition) is 1. The molecule has 0 spiro atoms. The number of rotatable bonds is 2. The summed E-state index contributed by atoms with van der Waals surface area (Å²) in [5.41, 5.74) is 0.201. The molecule has 1 aromatic carbocycles. The molecule has 0 bridgehead atoms. The second-order valence-corrected chi connectivity index (χ2v) is 3.43. The van der Waals surface area contributed by atoms with Crippen LogP contribution in [0.25, 0.3) is 10.9 Å². The van der Waals surface area contributed by atoms with Crippen molar-refractivity contribution in [2.45, 2.75) is 12.6 Å². The van der Waals surface area contributed by atoms with E-state index in [9.17, 15) is 18.0 Å². The van der Waals surface area contributed by atoms with Crippen LogP contribution in [0.15, 0.2) is 24.3 Å². The van der Waals surface area contributed by atoms with Gasteiger partial charge in [-0.2, -0.15) is 13.2 Å². The molecular formula is C11H8F3NO. The Bertz CT molecular complexity index is 527. The minimum absolute atomic E-state index is 0.0893. The molecule has 0 saturated heterocycles. The van der Waals surface area contributed by atoms with Crippen LogP contribution in [0.5, 0.6) is 0 Å². The van der Waals surface area contributed by atoms with Crippen LogP contribution in [0.1, 0.15) is 11.3 Å². The van der Waals surface area contributed by atoms with Crippen LogP contribution in [-0.2, 0) is 17.4 Å². The zero-order valence-electron chi connectivity index (χ0n) is 8.14. The predicted octanol–water partition coefficient (Wildman–Crippen LogP) is 2.93. The molecule has 2 aromatic rings. The summed E-state index contributed by atoms with van der Waals surface area (Å²) < 4.78 is 37.9. The molecule has 0 unspecified atom stereocenters. The van der Waals surface area contributed by atoms with Gasteiger partial charge in [-0.15, -0.1) is 0 Å². The van der Waals surface area contributed by atoms with E-state index in [1.54, 1.807) is 6.07 Å². The van der Waals surface area contributed by atoms with E-state index in [1.807, 2.05) is 0 Å². The van der Waals surface area contributed by atoms with Crippen molar-refractivity contribution >= 4 is 17.2 Å². The first-order chi connectivity index (χ1) is 7.52. The quantitative estimate of drug-likeness (QED) is 0.786. The van der Waals surface area contributed by atoms with Crippen LogP contribution < -0.4 is 0 Å². The standard InChI is InChI=1S/C11H8F3NO/c12-11(13,14)9-2-1-3-10-8(9)6-7(15-10)4-5-16/h1-3,5-6,15H,4H2. The summed E-state index contributed by atoms with van der Waals surface area (Å²) in [6.45, 7) is 0. The van der Waals surface area contributed by atoms with Crippen LogP contribution in [-0.4, -0.2) is 11.3 Å². The fourth-order valence-corrected chi connectivity index (χ4v) is 1.66. The lowest BCUT2D eigenvalue weighted by Crippen LogP contribution is -2.04. The van der Waals surface area contributed by atoms with E-state index in [0.29, 0.717) is 17.5 Å². The highest BCUT2D eigenvalue weighted by molar-refractivity contribution is 5.85. The summed E-state index contributed by atoms with van der Waals surface area (Å²) in [6, 6.07) is 5.29. The number of aromatic amines is 1. The number of fused-ring (bicyclic) bond motifs is 1. The highest BCUT2D eigenvalue weighted by Gasteiger charge is 2.32. The van der Waals surface area contributed by atoms with Crippen molar-refractivity contribution in [3.8, 4) is 0 Å². The van der Waals surface area contributed by atoms with Crippen molar-refractivity contribution in [3.63, 3.8) is 0 Å². The normalized spacial score (nSPS) is 11.9. The minimum atomic E-state index is -4.37. The van der Waals surface area contributed by atoms with E-state index in [0.717, 1.165) is 6.07 Å². The van der Waals surface area contributed by atoms with E-state index in [-0.39, 0.29) is 11.8 Å². The monoisotopic (exact) mass is 227 g/mol. The fourth-order valence-electron chi connectivity index (χ4n) is 1.66. The average molecular weight is 227 g/mol. The predicted molar refractivity (Wildman–Crippen MR) is 53.1 cm³/mol. The first-order valence-corrected chi connectivity index (χ1v) is 4.64. The second-order valence-electron chi connectivity index (χ2n) is 3.43. The van der Waals surface area contributed by atoms with Gasteiger partial charge in [-0.05, 0) is 18.2 Å². The summed E-state index contributed by atoms with van der Waals surface area (Å²) in [5, 5.41) is 0.104. The van der Waals surface area contributed by atoms with Crippen molar-refractivity contribution in [3.05, 3.63) is 35.5 Å². The van der Waals surface area contributed by atoms with Crippen LogP contribution in [0.4, 0.5) is 13.2 Å². The van der Waals surface area contributed by atoms with Gasteiger partial charge in [0.15, 0.2) is 0 Å². The smallest absolute Gasteiger partial charge is 0.358 e. The number of aromatic nitrogens is 1. The highest BCUT2D eigenvalue weighted by Crippen LogP contribution is 2.34. The Balaban J connectivity index is 2.63. The maximum atomic E-state index is 12.6. The third-order valence-corrected chi connectivity index (χ3v) is 2.33. The molecule has 0 aliphatic carbocycles. The second kappa shape index (κ2) is 3.66. The molecule has 16 heavy (non-hydrogen) atoms.